The summed E-state index contributed by atoms with van der Waals surface area (Å²) in [5, 5.41) is 2.87. The molecule has 1 unspecified atom stereocenters. The normalized spacial score (nSPS) is 20.5. The topological polar surface area (TPSA) is 105 Å². The maximum Gasteiger partial charge on any atom is 0.251 e. The number of nitrogens with one attached hydrogen (secondary N) is 1. The van der Waals surface area contributed by atoms with Gasteiger partial charge >= 0.3 is 0 Å². The minimum atomic E-state index is -3.53. The lowest BCUT2D eigenvalue weighted by Gasteiger charge is -2.25. The van der Waals surface area contributed by atoms with Gasteiger partial charge in [0.1, 0.15) is 0 Å². The first-order valence-electron chi connectivity index (χ1n) is 11.5. The van der Waals surface area contributed by atoms with Crippen LogP contribution in [0.5, 0.6) is 11.5 Å². The summed E-state index contributed by atoms with van der Waals surface area (Å²) in [6, 6.07) is 11.4. The molecule has 0 spiro atoms. The Bertz CT molecular complexity index is 1190. The van der Waals surface area contributed by atoms with Crippen molar-refractivity contribution < 1.29 is 27.5 Å². The Morgan fingerprint density at radius 1 is 1.00 bits per heavy atom. The number of hydrogen-bond donors (Lipinski definition) is 1. The third-order valence-electron chi connectivity index (χ3n) is 6.49. The summed E-state index contributed by atoms with van der Waals surface area (Å²) in [6.45, 7) is 2.08. The molecule has 5 rings (SSSR count). The molecular formula is C24H27N3O6S. The number of rotatable bonds is 6. The lowest BCUT2D eigenvalue weighted by molar-refractivity contribution is -0.117. The van der Waals surface area contributed by atoms with Crippen LogP contribution in [-0.4, -0.2) is 57.5 Å². The maximum atomic E-state index is 12.8. The van der Waals surface area contributed by atoms with Gasteiger partial charge in [0, 0.05) is 55.8 Å². The molecule has 180 valence electrons. The quantitative estimate of drug-likeness (QED) is 0.674. The zero-order valence-electron chi connectivity index (χ0n) is 18.7. The van der Waals surface area contributed by atoms with Crippen molar-refractivity contribution in [3.8, 4) is 11.5 Å². The Morgan fingerprint density at radius 2 is 1.74 bits per heavy atom. The number of amides is 2. The highest BCUT2D eigenvalue weighted by Gasteiger charge is 2.32. The highest BCUT2D eigenvalue weighted by Crippen LogP contribution is 2.37. The van der Waals surface area contributed by atoms with E-state index in [2.05, 4.69) is 5.32 Å². The summed E-state index contributed by atoms with van der Waals surface area (Å²) in [5.41, 5.74) is 1.13. The van der Waals surface area contributed by atoms with Gasteiger partial charge in [-0.1, -0.05) is 6.42 Å². The van der Waals surface area contributed by atoms with Gasteiger partial charge in [-0.15, -0.1) is 0 Å². The summed E-state index contributed by atoms with van der Waals surface area (Å²) >= 11 is 0. The van der Waals surface area contributed by atoms with E-state index >= 15 is 0 Å². The van der Waals surface area contributed by atoms with Crippen molar-refractivity contribution in [2.45, 2.75) is 30.6 Å². The molecule has 0 radical (unpaired) electrons. The van der Waals surface area contributed by atoms with Crippen LogP contribution in [0.4, 0.5) is 5.69 Å². The molecular weight excluding hydrogens is 458 g/mol. The van der Waals surface area contributed by atoms with Gasteiger partial charge in [0.05, 0.1) is 4.90 Å². The lowest BCUT2D eigenvalue weighted by atomic mass is 10.1. The number of ether oxygens (including phenoxy) is 2. The standard InChI is InChI=1S/C24H27N3O6S/c28-23-12-17(15-27(23)19-6-9-21-22(13-19)33-16-32-21)14-25-24(29)18-4-7-20(8-5-18)34(30,31)26-10-2-1-3-11-26/h4-9,13,17H,1-3,10-12,14-16H2,(H,25,29). The van der Waals surface area contributed by atoms with Crippen molar-refractivity contribution >= 4 is 27.5 Å². The average Bonchev–Trinajstić information content (AvgIpc) is 3.48. The summed E-state index contributed by atoms with van der Waals surface area (Å²) < 4.78 is 37.8. The molecule has 0 aromatic heterocycles. The van der Waals surface area contributed by atoms with Gasteiger partial charge < -0.3 is 19.7 Å². The number of carbonyl (C=O) groups excluding carboxylic acids is 2. The van der Waals surface area contributed by atoms with Crippen LogP contribution in [0.3, 0.4) is 0 Å². The molecule has 3 aliphatic rings. The van der Waals surface area contributed by atoms with Crippen molar-refractivity contribution in [2.24, 2.45) is 5.92 Å². The van der Waals surface area contributed by atoms with E-state index in [4.69, 9.17) is 9.47 Å². The summed E-state index contributed by atoms with van der Waals surface area (Å²) in [4.78, 5) is 27.1. The highest BCUT2D eigenvalue weighted by atomic mass is 32.2. The van der Waals surface area contributed by atoms with Crippen LogP contribution in [0, 0.1) is 5.92 Å². The fourth-order valence-corrected chi connectivity index (χ4v) is 6.11. The number of benzene rings is 2. The van der Waals surface area contributed by atoms with E-state index < -0.39 is 10.0 Å². The Balaban J connectivity index is 1.17. The second-order valence-electron chi connectivity index (χ2n) is 8.81. The minimum absolute atomic E-state index is 0.00890. The van der Waals surface area contributed by atoms with E-state index in [-0.39, 0.29) is 29.4 Å². The molecule has 10 heteroatoms. The molecule has 2 aromatic carbocycles. The third-order valence-corrected chi connectivity index (χ3v) is 8.41. The number of sulfonamides is 1. The van der Waals surface area contributed by atoms with E-state index in [0.29, 0.717) is 49.7 Å². The second kappa shape index (κ2) is 9.27. The second-order valence-corrected chi connectivity index (χ2v) is 10.7. The summed E-state index contributed by atoms with van der Waals surface area (Å²) in [7, 11) is -3.53. The lowest BCUT2D eigenvalue weighted by Crippen LogP contribution is -2.35. The molecule has 2 fully saturated rings. The molecule has 9 nitrogen and oxygen atoms in total. The van der Waals surface area contributed by atoms with E-state index in [1.807, 2.05) is 6.07 Å². The molecule has 1 N–H and O–H groups in total. The predicted molar refractivity (Wildman–Crippen MR) is 124 cm³/mol. The molecule has 0 aliphatic carbocycles. The van der Waals surface area contributed by atoms with E-state index in [9.17, 15) is 18.0 Å². The van der Waals surface area contributed by atoms with Crippen LogP contribution in [0.15, 0.2) is 47.4 Å². The summed E-state index contributed by atoms with van der Waals surface area (Å²) in [6.07, 6.45) is 3.12. The van der Waals surface area contributed by atoms with E-state index in [0.717, 1.165) is 24.9 Å². The maximum absolute atomic E-state index is 12.8. The first-order chi connectivity index (χ1) is 16.4. The van der Waals surface area contributed by atoms with Crippen LogP contribution in [-0.2, 0) is 14.8 Å². The first-order valence-corrected chi connectivity index (χ1v) is 12.9. The SMILES string of the molecule is O=C(NCC1CC(=O)N(c2ccc3c(c2)OCO3)C1)c1ccc(S(=O)(=O)N2CCCCC2)cc1. The van der Waals surface area contributed by atoms with Gasteiger partial charge in [-0.2, -0.15) is 4.31 Å². The van der Waals surface area contributed by atoms with Crippen LogP contribution < -0.4 is 19.7 Å². The molecule has 3 aliphatic heterocycles. The monoisotopic (exact) mass is 485 g/mol. The molecule has 2 saturated heterocycles. The Morgan fingerprint density at radius 3 is 2.50 bits per heavy atom. The number of hydrogen-bond acceptors (Lipinski definition) is 6. The molecule has 0 bridgehead atoms. The molecule has 1 atom stereocenters. The molecule has 2 amide bonds. The number of anilines is 1. The number of nitrogens with zero attached hydrogens (tertiary/aromatic N) is 2. The Hall–Kier alpha value is -3.11. The molecule has 0 saturated carbocycles. The van der Waals surface area contributed by atoms with Gasteiger partial charge in [-0.25, -0.2) is 8.42 Å². The fourth-order valence-electron chi connectivity index (χ4n) is 4.59. The average molecular weight is 486 g/mol. The van der Waals surface area contributed by atoms with Crippen molar-refractivity contribution in [3.63, 3.8) is 0 Å². The third kappa shape index (κ3) is 4.47. The number of carbonyl (C=O) groups is 2. The van der Waals surface area contributed by atoms with E-state index in [1.54, 1.807) is 17.0 Å². The van der Waals surface area contributed by atoms with Gasteiger partial charge in [0.25, 0.3) is 5.91 Å². The zero-order chi connectivity index (χ0) is 23.7. The Labute approximate surface area is 198 Å². The molecule has 2 aromatic rings. The molecule has 34 heavy (non-hydrogen) atoms. The van der Waals surface area contributed by atoms with Gasteiger partial charge in [0.2, 0.25) is 22.7 Å². The molecule has 3 heterocycles. The predicted octanol–water partition coefficient (Wildman–Crippen LogP) is 2.37. The largest absolute Gasteiger partial charge is 0.454 e. The number of piperidine rings is 1. The van der Waals surface area contributed by atoms with Gasteiger partial charge in [0.15, 0.2) is 11.5 Å². The first kappa shape index (κ1) is 22.7. The van der Waals surface area contributed by atoms with Crippen LogP contribution >= 0.6 is 0 Å². The van der Waals surface area contributed by atoms with Crippen LogP contribution in [0.25, 0.3) is 0 Å². The van der Waals surface area contributed by atoms with Crippen molar-refractivity contribution in [3.05, 3.63) is 48.0 Å². The zero-order valence-corrected chi connectivity index (χ0v) is 19.6. The van der Waals surface area contributed by atoms with E-state index in [1.165, 1.54) is 28.6 Å². The summed E-state index contributed by atoms with van der Waals surface area (Å²) in [5.74, 6) is 0.948. The van der Waals surface area contributed by atoms with Crippen LogP contribution in [0.2, 0.25) is 0 Å². The van der Waals surface area contributed by atoms with Crippen molar-refractivity contribution in [1.29, 1.82) is 0 Å². The minimum Gasteiger partial charge on any atom is -0.454 e. The van der Waals surface area contributed by atoms with Crippen LogP contribution in [0.1, 0.15) is 36.0 Å². The van der Waals surface area contributed by atoms with Gasteiger partial charge in [-0.3, -0.25) is 9.59 Å². The fraction of sp³-hybridized carbons (Fsp3) is 0.417. The number of fused-ring (bicyclic) bond motifs is 1. The Kier molecular flexibility index (Phi) is 6.18. The van der Waals surface area contributed by atoms with Gasteiger partial charge in [-0.05, 0) is 49.2 Å². The van der Waals surface area contributed by atoms with Crippen molar-refractivity contribution in [1.82, 2.24) is 9.62 Å². The smallest absolute Gasteiger partial charge is 0.251 e. The highest BCUT2D eigenvalue weighted by molar-refractivity contribution is 7.89. The van der Waals surface area contributed by atoms with Crippen molar-refractivity contribution in [2.75, 3.05) is 37.9 Å².